The molecule has 0 N–H and O–H groups in total. The van der Waals surface area contributed by atoms with Gasteiger partial charge in [0.25, 0.3) is 0 Å². The number of carbonyl (C=O) groups excluding carboxylic acids is 1. The third-order valence-corrected chi connectivity index (χ3v) is 1.65. The molecule has 1 unspecified atom stereocenters. The largest absolute Gasteiger partial charge is 0.462 e. The molecule has 12 heavy (non-hydrogen) atoms. The van der Waals surface area contributed by atoms with Crippen molar-refractivity contribution in [3.05, 3.63) is 0 Å². The lowest BCUT2D eigenvalue weighted by Gasteiger charge is -2.21. The Morgan fingerprint density at radius 1 is 1.83 bits per heavy atom. The summed E-state index contributed by atoms with van der Waals surface area (Å²) >= 11 is 0. The summed E-state index contributed by atoms with van der Waals surface area (Å²) in [6.07, 6.45) is -5.75. The summed E-state index contributed by atoms with van der Waals surface area (Å²) in [4.78, 5) is 11.2. The van der Waals surface area contributed by atoms with E-state index in [1.165, 1.54) is 0 Å². The number of hydrogen-bond donors (Lipinski definition) is 0. The van der Waals surface area contributed by atoms with Gasteiger partial charge in [-0.1, -0.05) is 19.8 Å². The lowest BCUT2D eigenvalue weighted by Crippen LogP contribution is -2.23. The highest BCUT2D eigenvalue weighted by molar-refractivity contribution is 5.70. The van der Waals surface area contributed by atoms with Crippen LogP contribution in [0.25, 0.3) is 0 Å². The van der Waals surface area contributed by atoms with Crippen LogP contribution in [0.15, 0.2) is 0 Å². The molecule has 0 bridgehead atoms. The summed E-state index contributed by atoms with van der Waals surface area (Å²) in [5.74, 6) is -0.699. The predicted octanol–water partition coefficient (Wildman–Crippen LogP) is 2.66. The fourth-order valence-electron chi connectivity index (χ4n) is 0.956. The van der Waals surface area contributed by atoms with E-state index in [9.17, 15) is 4.79 Å². The fraction of sp³-hybridized carbons (Fsp3) is 0.900. The first-order valence-corrected chi connectivity index (χ1v) is 4.38. The molecule has 0 aromatic carbocycles. The van der Waals surface area contributed by atoms with Crippen molar-refractivity contribution in [2.24, 2.45) is 0 Å². The molecule has 0 aromatic rings. The molecule has 0 amide bonds. The van der Waals surface area contributed by atoms with Gasteiger partial charge in [0.2, 0.25) is 0 Å². The van der Waals surface area contributed by atoms with Crippen LogP contribution in [0, 0.1) is 0 Å². The van der Waals surface area contributed by atoms with Crippen LogP contribution in [0.2, 0.25) is 0 Å². The van der Waals surface area contributed by atoms with Gasteiger partial charge in [-0.25, -0.2) is 0 Å². The third-order valence-electron chi connectivity index (χ3n) is 1.65. The zero-order valence-corrected chi connectivity index (χ0v) is 7.35. The Balaban J connectivity index is 2.99. The molecule has 1 atom stereocenters. The summed E-state index contributed by atoms with van der Waals surface area (Å²) in [7, 11) is 0. The van der Waals surface area contributed by atoms with E-state index in [2.05, 4.69) is 0 Å². The summed E-state index contributed by atoms with van der Waals surface area (Å²) in [5, 5.41) is 0. The number of rotatable bonds is 4. The fourth-order valence-corrected chi connectivity index (χ4v) is 0.956. The number of ether oxygens (including phenoxy) is 1. The Morgan fingerprint density at radius 2 is 2.67 bits per heavy atom. The summed E-state index contributed by atoms with van der Waals surface area (Å²) < 4.78 is 43.8. The molecule has 1 fully saturated rings. The molecule has 0 spiro atoms. The Kier molecular flexibility index (Phi) is 2.00. The molecule has 0 aliphatic carbocycles. The first kappa shape index (κ1) is 4.64. The van der Waals surface area contributed by atoms with Crippen molar-refractivity contribution in [2.75, 3.05) is 0 Å². The van der Waals surface area contributed by atoms with Crippen molar-refractivity contribution >= 4 is 5.97 Å². The average Bonchev–Trinajstić information content (AvgIpc) is 2.21. The van der Waals surface area contributed by atoms with Crippen LogP contribution in [0.5, 0.6) is 0 Å². The first-order chi connectivity index (χ1) is 7.66. The molecule has 2 nitrogen and oxygen atoms in total. The molecule has 0 aromatic heterocycles. The van der Waals surface area contributed by atoms with Crippen LogP contribution < -0.4 is 0 Å². The standard InChI is InChI=1S/C10H18O2/c1-2-3-4-6-9-7-5-8-10(11)12-9/h9H,2-8H2,1H3/i6D2,7D2,9D. The van der Waals surface area contributed by atoms with Crippen LogP contribution in [0.1, 0.15) is 58.6 Å². The van der Waals surface area contributed by atoms with Gasteiger partial charge in [-0.2, -0.15) is 0 Å². The van der Waals surface area contributed by atoms with E-state index in [0.717, 1.165) is 6.42 Å². The number of carbonyl (C=O) groups is 1. The molecule has 1 saturated heterocycles. The van der Waals surface area contributed by atoms with E-state index in [0.29, 0.717) is 6.42 Å². The van der Waals surface area contributed by atoms with E-state index in [1.54, 1.807) is 0 Å². The first-order valence-electron chi connectivity index (χ1n) is 6.88. The molecule has 1 aliphatic rings. The molecule has 1 rings (SSSR count). The van der Waals surface area contributed by atoms with Crippen molar-refractivity contribution in [3.8, 4) is 0 Å². The zero-order chi connectivity index (χ0) is 13.3. The summed E-state index contributed by atoms with van der Waals surface area (Å²) in [5.41, 5.74) is 0. The summed E-state index contributed by atoms with van der Waals surface area (Å²) in [6, 6.07) is 0. The van der Waals surface area contributed by atoms with Crippen molar-refractivity contribution in [3.63, 3.8) is 0 Å². The van der Waals surface area contributed by atoms with Gasteiger partial charge in [-0.3, -0.25) is 4.79 Å². The van der Waals surface area contributed by atoms with Crippen LogP contribution >= 0.6 is 0 Å². The quantitative estimate of drug-likeness (QED) is 0.614. The predicted molar refractivity (Wildman–Crippen MR) is 47.9 cm³/mol. The van der Waals surface area contributed by atoms with Gasteiger partial charge in [0.1, 0.15) is 6.08 Å². The van der Waals surface area contributed by atoms with Crippen molar-refractivity contribution < 1.29 is 16.4 Å². The molecule has 1 heterocycles. The smallest absolute Gasteiger partial charge is 0.306 e. The summed E-state index contributed by atoms with van der Waals surface area (Å²) in [6.45, 7) is 1.88. The van der Waals surface area contributed by atoms with Crippen LogP contribution in [0.3, 0.4) is 0 Å². The minimum atomic E-state index is -2.44. The van der Waals surface area contributed by atoms with E-state index < -0.39 is 24.8 Å². The number of esters is 1. The molecular weight excluding hydrogens is 152 g/mol. The highest BCUT2D eigenvalue weighted by Gasteiger charge is 2.19. The van der Waals surface area contributed by atoms with Gasteiger partial charge in [-0.05, 0) is 25.6 Å². The molecular formula is C10H18O2. The number of unbranched alkanes of at least 4 members (excludes halogenated alkanes) is 1. The van der Waals surface area contributed by atoms with E-state index in [1.807, 2.05) is 6.92 Å². The van der Waals surface area contributed by atoms with E-state index in [-0.39, 0.29) is 19.3 Å². The molecule has 0 saturated carbocycles. The maximum atomic E-state index is 11.2. The van der Waals surface area contributed by atoms with Gasteiger partial charge in [-0.15, -0.1) is 0 Å². The van der Waals surface area contributed by atoms with Crippen molar-refractivity contribution in [1.29, 1.82) is 0 Å². The van der Waals surface area contributed by atoms with E-state index >= 15 is 0 Å². The highest BCUT2D eigenvalue weighted by atomic mass is 16.5. The third kappa shape index (κ3) is 3.24. The monoisotopic (exact) mass is 175 g/mol. The Hall–Kier alpha value is -0.530. The SMILES string of the molecule is [2H]C([2H])(CCCC)C1([2H])OC(=O)CCC1([2H])[2H]. The molecule has 2 heteroatoms. The average molecular weight is 175 g/mol. The van der Waals surface area contributed by atoms with Crippen LogP contribution in [-0.2, 0) is 9.53 Å². The normalized spacial score (nSPS) is 41.4. The van der Waals surface area contributed by atoms with E-state index in [4.69, 9.17) is 11.6 Å². The zero-order valence-electron chi connectivity index (χ0n) is 12.4. The second-order valence-corrected chi connectivity index (χ2v) is 2.76. The Labute approximate surface area is 81.3 Å². The van der Waals surface area contributed by atoms with Gasteiger partial charge in [0, 0.05) is 11.9 Å². The molecule has 70 valence electrons. The minimum absolute atomic E-state index is 0.0137. The van der Waals surface area contributed by atoms with Crippen molar-refractivity contribution in [2.45, 2.75) is 57.9 Å². The maximum absolute atomic E-state index is 11.2. The van der Waals surface area contributed by atoms with Gasteiger partial charge in [0.05, 0.1) is 1.37 Å². The van der Waals surface area contributed by atoms with Crippen LogP contribution in [-0.4, -0.2) is 12.0 Å². The minimum Gasteiger partial charge on any atom is -0.462 e. The molecule has 1 aliphatic heterocycles. The van der Waals surface area contributed by atoms with Gasteiger partial charge in [0.15, 0.2) is 0 Å². The number of cyclic esters (lactones) is 1. The van der Waals surface area contributed by atoms with Crippen LogP contribution in [0.4, 0.5) is 0 Å². The maximum Gasteiger partial charge on any atom is 0.306 e. The van der Waals surface area contributed by atoms with Crippen molar-refractivity contribution in [1.82, 2.24) is 0 Å². The second kappa shape index (κ2) is 5.18. The lowest BCUT2D eigenvalue weighted by atomic mass is 10.0. The van der Waals surface area contributed by atoms with Gasteiger partial charge >= 0.3 is 5.97 Å². The molecule has 0 radical (unpaired) electrons. The second-order valence-electron chi connectivity index (χ2n) is 2.76. The lowest BCUT2D eigenvalue weighted by molar-refractivity contribution is -0.154. The Bertz CT molecular complexity index is 305. The Morgan fingerprint density at radius 3 is 3.42 bits per heavy atom. The van der Waals surface area contributed by atoms with Gasteiger partial charge < -0.3 is 4.74 Å². The topological polar surface area (TPSA) is 26.3 Å². The number of hydrogen-bond acceptors (Lipinski definition) is 2. The highest BCUT2D eigenvalue weighted by Crippen LogP contribution is 2.18.